The van der Waals surface area contributed by atoms with Gasteiger partial charge in [-0.05, 0) is 24.3 Å². The van der Waals surface area contributed by atoms with Crippen LogP contribution in [-0.4, -0.2) is 12.8 Å². The highest BCUT2D eigenvalue weighted by Crippen LogP contribution is 2.35. The Hall–Kier alpha value is -1.91. The minimum atomic E-state index is -0.455. The largest absolute Gasteiger partial charge is 0.454 e. The molecule has 0 fully saturated rings. The van der Waals surface area contributed by atoms with Crippen molar-refractivity contribution in [2.75, 3.05) is 6.79 Å². The predicted octanol–water partition coefficient (Wildman–Crippen LogP) is 3.87. The van der Waals surface area contributed by atoms with E-state index in [0.717, 1.165) is 0 Å². The molecule has 3 rings (SSSR count). The van der Waals surface area contributed by atoms with Crippen molar-refractivity contribution in [3.8, 4) is 17.2 Å². The molecule has 0 amide bonds. The minimum absolute atomic E-state index is 0.00700. The van der Waals surface area contributed by atoms with E-state index in [-0.39, 0.29) is 13.2 Å². The van der Waals surface area contributed by atoms with Crippen molar-refractivity contribution in [2.24, 2.45) is 0 Å². The van der Waals surface area contributed by atoms with Crippen molar-refractivity contribution in [2.45, 2.75) is 6.42 Å². The molecule has 0 saturated heterocycles. The highest BCUT2D eigenvalue weighted by atomic mass is 35.5. The van der Waals surface area contributed by atoms with E-state index in [0.29, 0.717) is 32.9 Å². The number of ether oxygens (including phenoxy) is 3. The first kappa shape index (κ1) is 14.0. The molecule has 0 unspecified atom stereocenters. The van der Waals surface area contributed by atoms with Crippen LogP contribution in [0.5, 0.6) is 17.2 Å². The Morgan fingerprint density at radius 2 is 1.81 bits per heavy atom. The Balaban J connectivity index is 1.72. The van der Waals surface area contributed by atoms with Gasteiger partial charge in [-0.1, -0.05) is 29.3 Å². The van der Waals surface area contributed by atoms with Crippen molar-refractivity contribution in [3.63, 3.8) is 0 Å². The van der Waals surface area contributed by atoms with Crippen molar-refractivity contribution in [3.05, 3.63) is 52.0 Å². The molecule has 0 radical (unpaired) electrons. The summed E-state index contributed by atoms with van der Waals surface area (Å²) in [5, 5.41) is 0.871. The highest BCUT2D eigenvalue weighted by molar-refractivity contribution is 6.36. The summed E-state index contributed by atoms with van der Waals surface area (Å²) in [6.07, 6.45) is -0.00700. The second-order valence-corrected chi connectivity index (χ2v) is 5.18. The normalized spacial score (nSPS) is 12.3. The number of esters is 1. The van der Waals surface area contributed by atoms with Gasteiger partial charge in [0.05, 0.1) is 6.42 Å². The fourth-order valence-corrected chi connectivity index (χ4v) is 2.48. The molecular formula is C15H10Cl2O4. The molecular weight excluding hydrogens is 315 g/mol. The molecule has 1 aliphatic rings. The van der Waals surface area contributed by atoms with Crippen molar-refractivity contribution in [1.82, 2.24) is 0 Å². The molecule has 0 aromatic heterocycles. The predicted molar refractivity (Wildman–Crippen MR) is 78.4 cm³/mol. The average molecular weight is 325 g/mol. The van der Waals surface area contributed by atoms with Gasteiger partial charge in [0.2, 0.25) is 6.79 Å². The monoisotopic (exact) mass is 324 g/mol. The fraction of sp³-hybridized carbons (Fsp3) is 0.133. The van der Waals surface area contributed by atoms with Crippen LogP contribution in [0.25, 0.3) is 0 Å². The van der Waals surface area contributed by atoms with Crippen LogP contribution < -0.4 is 14.2 Å². The molecule has 0 N–H and O–H groups in total. The van der Waals surface area contributed by atoms with E-state index in [4.69, 9.17) is 37.4 Å². The molecule has 0 atom stereocenters. The van der Waals surface area contributed by atoms with E-state index >= 15 is 0 Å². The van der Waals surface area contributed by atoms with Gasteiger partial charge in [-0.2, -0.15) is 0 Å². The third kappa shape index (κ3) is 3.06. The van der Waals surface area contributed by atoms with Crippen LogP contribution in [0.2, 0.25) is 10.0 Å². The summed E-state index contributed by atoms with van der Waals surface area (Å²) in [6, 6.07) is 10.0. The molecule has 6 heteroatoms. The van der Waals surface area contributed by atoms with E-state index < -0.39 is 5.97 Å². The van der Waals surface area contributed by atoms with Crippen LogP contribution in [0.15, 0.2) is 36.4 Å². The number of carbonyl (C=O) groups is 1. The minimum Gasteiger partial charge on any atom is -0.454 e. The van der Waals surface area contributed by atoms with Crippen LogP contribution in [0.4, 0.5) is 0 Å². The molecule has 0 aliphatic carbocycles. The molecule has 21 heavy (non-hydrogen) atoms. The number of hydrogen-bond acceptors (Lipinski definition) is 4. The van der Waals surface area contributed by atoms with E-state index in [1.165, 1.54) is 0 Å². The molecule has 1 heterocycles. The van der Waals surface area contributed by atoms with Crippen LogP contribution in [-0.2, 0) is 11.2 Å². The zero-order chi connectivity index (χ0) is 14.8. The molecule has 2 aromatic carbocycles. The Kier molecular flexibility index (Phi) is 3.90. The lowest BCUT2D eigenvalue weighted by Crippen LogP contribution is -2.11. The Labute approximate surface area is 131 Å². The molecule has 0 spiro atoms. The lowest BCUT2D eigenvalue weighted by atomic mass is 10.1. The SMILES string of the molecule is O=C(Cc1c(Cl)cccc1Cl)Oc1ccc2c(c1)OCO2. The summed E-state index contributed by atoms with van der Waals surface area (Å²) in [6.45, 7) is 0.169. The second-order valence-electron chi connectivity index (χ2n) is 4.37. The van der Waals surface area contributed by atoms with Gasteiger partial charge in [0, 0.05) is 21.7 Å². The molecule has 108 valence electrons. The van der Waals surface area contributed by atoms with Gasteiger partial charge in [0.15, 0.2) is 11.5 Å². The summed E-state index contributed by atoms with van der Waals surface area (Å²) in [5.41, 5.74) is 0.548. The first-order valence-corrected chi connectivity index (χ1v) is 6.92. The third-order valence-electron chi connectivity index (χ3n) is 2.96. The summed E-state index contributed by atoms with van der Waals surface area (Å²) in [5.74, 6) is 1.11. The highest BCUT2D eigenvalue weighted by Gasteiger charge is 2.16. The zero-order valence-corrected chi connectivity index (χ0v) is 12.3. The van der Waals surface area contributed by atoms with E-state index in [1.54, 1.807) is 36.4 Å². The topological polar surface area (TPSA) is 44.8 Å². The Morgan fingerprint density at radius 1 is 1.10 bits per heavy atom. The van der Waals surface area contributed by atoms with Crippen LogP contribution in [0.3, 0.4) is 0 Å². The summed E-state index contributed by atoms with van der Waals surface area (Å²) in [4.78, 5) is 12.0. The number of rotatable bonds is 3. The Morgan fingerprint density at radius 3 is 2.57 bits per heavy atom. The first-order valence-electron chi connectivity index (χ1n) is 6.17. The molecule has 1 aliphatic heterocycles. The summed E-state index contributed by atoms with van der Waals surface area (Å²) >= 11 is 12.0. The number of fused-ring (bicyclic) bond motifs is 1. The van der Waals surface area contributed by atoms with Gasteiger partial charge in [-0.3, -0.25) is 4.79 Å². The van der Waals surface area contributed by atoms with Gasteiger partial charge < -0.3 is 14.2 Å². The second kappa shape index (κ2) is 5.84. The van der Waals surface area contributed by atoms with Crippen LogP contribution in [0, 0.1) is 0 Å². The lowest BCUT2D eigenvalue weighted by Gasteiger charge is -2.08. The van der Waals surface area contributed by atoms with Crippen molar-refractivity contribution in [1.29, 1.82) is 0 Å². The maximum absolute atomic E-state index is 12.0. The van der Waals surface area contributed by atoms with Crippen molar-refractivity contribution < 1.29 is 19.0 Å². The molecule has 0 bridgehead atoms. The molecule has 0 saturated carbocycles. The number of carbonyl (C=O) groups excluding carboxylic acids is 1. The van der Waals surface area contributed by atoms with Crippen LogP contribution >= 0.6 is 23.2 Å². The maximum atomic E-state index is 12.0. The molecule has 2 aromatic rings. The standard InChI is InChI=1S/C15H10Cl2O4/c16-11-2-1-3-12(17)10(11)7-15(18)21-9-4-5-13-14(6-9)20-8-19-13/h1-6H,7-8H2. The summed E-state index contributed by atoms with van der Waals surface area (Å²) in [7, 11) is 0. The van der Waals surface area contributed by atoms with Gasteiger partial charge in [0.1, 0.15) is 5.75 Å². The fourth-order valence-electron chi connectivity index (χ4n) is 1.95. The Bertz CT molecular complexity index is 680. The first-order chi connectivity index (χ1) is 10.1. The smallest absolute Gasteiger partial charge is 0.315 e. The summed E-state index contributed by atoms with van der Waals surface area (Å²) < 4.78 is 15.7. The number of benzene rings is 2. The third-order valence-corrected chi connectivity index (χ3v) is 3.67. The van der Waals surface area contributed by atoms with E-state index in [1.807, 2.05) is 0 Å². The number of halogens is 2. The van der Waals surface area contributed by atoms with Gasteiger partial charge in [0.25, 0.3) is 0 Å². The van der Waals surface area contributed by atoms with Gasteiger partial charge in [-0.25, -0.2) is 0 Å². The lowest BCUT2D eigenvalue weighted by molar-refractivity contribution is -0.133. The average Bonchev–Trinajstić information content (AvgIpc) is 2.90. The van der Waals surface area contributed by atoms with Gasteiger partial charge >= 0.3 is 5.97 Å². The van der Waals surface area contributed by atoms with Gasteiger partial charge in [-0.15, -0.1) is 0 Å². The van der Waals surface area contributed by atoms with Crippen molar-refractivity contribution >= 4 is 29.2 Å². The zero-order valence-electron chi connectivity index (χ0n) is 10.8. The van der Waals surface area contributed by atoms with Crippen LogP contribution in [0.1, 0.15) is 5.56 Å². The van der Waals surface area contributed by atoms with E-state index in [2.05, 4.69) is 0 Å². The maximum Gasteiger partial charge on any atom is 0.315 e. The number of hydrogen-bond donors (Lipinski definition) is 0. The van der Waals surface area contributed by atoms with E-state index in [9.17, 15) is 4.79 Å². The molecule has 4 nitrogen and oxygen atoms in total. The quantitative estimate of drug-likeness (QED) is 0.635.